The van der Waals surface area contributed by atoms with E-state index in [0.717, 1.165) is 5.92 Å². The highest BCUT2D eigenvalue weighted by atomic mass is 16.1. The number of hydrogen-bond donors (Lipinski definition) is 1. The van der Waals surface area contributed by atoms with Crippen LogP contribution in [0.5, 0.6) is 0 Å². The van der Waals surface area contributed by atoms with Gasteiger partial charge in [0.2, 0.25) is 6.08 Å². The van der Waals surface area contributed by atoms with E-state index < -0.39 is 0 Å². The van der Waals surface area contributed by atoms with E-state index in [9.17, 15) is 4.79 Å². The second-order valence-electron chi connectivity index (χ2n) is 6.20. The molecule has 102 valence electrons. The van der Waals surface area contributed by atoms with Gasteiger partial charge in [-0.05, 0) is 37.5 Å². The standard InChI is InChI=1S/C15H26N2O/c1-12-6-5-7-13(10-12)15(16-11-18)17-14-8-3-2-4-9-14/h12-15,17H,2-10H2,1H3. The lowest BCUT2D eigenvalue weighted by atomic mass is 9.80. The minimum Gasteiger partial charge on any atom is -0.292 e. The second-order valence-corrected chi connectivity index (χ2v) is 6.20. The molecule has 3 atom stereocenters. The fourth-order valence-electron chi connectivity index (χ4n) is 3.61. The molecule has 3 heteroatoms. The van der Waals surface area contributed by atoms with E-state index in [1.165, 1.54) is 57.8 Å². The van der Waals surface area contributed by atoms with Gasteiger partial charge in [-0.3, -0.25) is 5.32 Å². The maximum absolute atomic E-state index is 10.6. The molecule has 0 aromatic carbocycles. The summed E-state index contributed by atoms with van der Waals surface area (Å²) in [5.74, 6) is 1.32. The second kappa shape index (κ2) is 7.06. The van der Waals surface area contributed by atoms with Crippen LogP contribution in [0.2, 0.25) is 0 Å². The van der Waals surface area contributed by atoms with Crippen molar-refractivity contribution in [1.29, 1.82) is 0 Å². The van der Waals surface area contributed by atoms with Crippen molar-refractivity contribution in [1.82, 2.24) is 5.32 Å². The third-order valence-corrected chi connectivity index (χ3v) is 4.63. The molecule has 3 unspecified atom stereocenters. The molecule has 0 aromatic rings. The van der Waals surface area contributed by atoms with Crippen molar-refractivity contribution in [2.45, 2.75) is 76.9 Å². The van der Waals surface area contributed by atoms with Gasteiger partial charge in [-0.2, -0.15) is 4.99 Å². The summed E-state index contributed by atoms with van der Waals surface area (Å²) in [6.45, 7) is 2.31. The number of aliphatic imine (C=N–C) groups is 1. The molecule has 0 radical (unpaired) electrons. The minimum absolute atomic E-state index is 0.0216. The van der Waals surface area contributed by atoms with Crippen molar-refractivity contribution in [2.24, 2.45) is 16.8 Å². The maximum atomic E-state index is 10.6. The Hall–Kier alpha value is -0.660. The van der Waals surface area contributed by atoms with E-state index in [2.05, 4.69) is 17.2 Å². The predicted octanol–water partition coefficient (Wildman–Crippen LogP) is 3.40. The summed E-state index contributed by atoms with van der Waals surface area (Å²) in [6, 6.07) is 0.568. The Morgan fingerprint density at radius 1 is 1.11 bits per heavy atom. The van der Waals surface area contributed by atoms with Crippen LogP contribution in [0.1, 0.15) is 64.7 Å². The van der Waals surface area contributed by atoms with E-state index in [0.29, 0.717) is 12.0 Å². The van der Waals surface area contributed by atoms with Gasteiger partial charge in [0, 0.05) is 6.04 Å². The molecule has 0 aliphatic heterocycles. The topological polar surface area (TPSA) is 41.5 Å². The van der Waals surface area contributed by atoms with Crippen LogP contribution >= 0.6 is 0 Å². The molecule has 2 fully saturated rings. The summed E-state index contributed by atoms with van der Waals surface area (Å²) in [4.78, 5) is 14.7. The van der Waals surface area contributed by atoms with Crippen molar-refractivity contribution < 1.29 is 4.79 Å². The number of nitrogens with one attached hydrogen (secondary N) is 1. The first-order valence-corrected chi connectivity index (χ1v) is 7.62. The lowest BCUT2D eigenvalue weighted by Crippen LogP contribution is -2.43. The van der Waals surface area contributed by atoms with Crippen LogP contribution in [-0.2, 0) is 4.79 Å². The van der Waals surface area contributed by atoms with Gasteiger partial charge in [0.05, 0.1) is 0 Å². The van der Waals surface area contributed by atoms with Crippen LogP contribution in [0, 0.1) is 11.8 Å². The molecule has 1 N–H and O–H groups in total. The molecule has 0 aromatic heterocycles. The molecule has 3 nitrogen and oxygen atoms in total. The Morgan fingerprint density at radius 3 is 2.56 bits per heavy atom. The highest BCUT2D eigenvalue weighted by Gasteiger charge is 2.28. The number of isocyanates is 1. The normalized spacial score (nSPS) is 31.6. The smallest absolute Gasteiger partial charge is 0.236 e. The van der Waals surface area contributed by atoms with Gasteiger partial charge in [-0.25, -0.2) is 4.79 Å². The van der Waals surface area contributed by atoms with Gasteiger partial charge in [-0.1, -0.05) is 39.0 Å². The first-order valence-electron chi connectivity index (χ1n) is 7.62. The van der Waals surface area contributed by atoms with E-state index in [1.807, 2.05) is 0 Å². The summed E-state index contributed by atoms with van der Waals surface area (Å²) < 4.78 is 0. The quantitative estimate of drug-likeness (QED) is 0.613. The Balaban J connectivity index is 1.91. The monoisotopic (exact) mass is 250 g/mol. The number of hydrogen-bond acceptors (Lipinski definition) is 3. The van der Waals surface area contributed by atoms with Crippen LogP contribution in [-0.4, -0.2) is 18.3 Å². The Labute approximate surface area is 110 Å². The van der Waals surface area contributed by atoms with Crippen LogP contribution in [0.3, 0.4) is 0 Å². The fraction of sp³-hybridized carbons (Fsp3) is 0.933. The van der Waals surface area contributed by atoms with Crippen LogP contribution in [0.4, 0.5) is 0 Å². The van der Waals surface area contributed by atoms with Gasteiger partial charge in [0.25, 0.3) is 0 Å². The molecule has 2 saturated carbocycles. The average Bonchev–Trinajstić information content (AvgIpc) is 2.39. The molecule has 0 amide bonds. The van der Waals surface area contributed by atoms with Crippen LogP contribution in [0.15, 0.2) is 4.99 Å². The molecular formula is C15H26N2O. The van der Waals surface area contributed by atoms with Crippen molar-refractivity contribution in [3.8, 4) is 0 Å². The highest BCUT2D eigenvalue weighted by molar-refractivity contribution is 5.33. The van der Waals surface area contributed by atoms with Crippen molar-refractivity contribution in [3.63, 3.8) is 0 Å². The predicted molar refractivity (Wildman–Crippen MR) is 73.0 cm³/mol. The van der Waals surface area contributed by atoms with Gasteiger partial charge in [-0.15, -0.1) is 0 Å². The number of carbonyl (C=O) groups excluding carboxylic acids is 1. The van der Waals surface area contributed by atoms with E-state index in [4.69, 9.17) is 0 Å². The lowest BCUT2D eigenvalue weighted by molar-refractivity contribution is 0.203. The fourth-order valence-corrected chi connectivity index (χ4v) is 3.61. The van der Waals surface area contributed by atoms with E-state index in [-0.39, 0.29) is 6.17 Å². The largest absolute Gasteiger partial charge is 0.292 e. The van der Waals surface area contributed by atoms with Crippen LogP contribution < -0.4 is 5.32 Å². The van der Waals surface area contributed by atoms with Gasteiger partial charge >= 0.3 is 0 Å². The summed E-state index contributed by atoms with van der Waals surface area (Å²) in [5, 5.41) is 3.62. The molecule has 0 saturated heterocycles. The first-order chi connectivity index (χ1) is 8.79. The molecule has 0 spiro atoms. The third kappa shape index (κ3) is 3.93. The zero-order chi connectivity index (χ0) is 12.8. The Morgan fingerprint density at radius 2 is 1.89 bits per heavy atom. The Kier molecular flexibility index (Phi) is 5.40. The summed E-state index contributed by atoms with van der Waals surface area (Å²) in [5.41, 5.74) is 0. The zero-order valence-corrected chi connectivity index (χ0v) is 11.5. The van der Waals surface area contributed by atoms with E-state index in [1.54, 1.807) is 6.08 Å². The van der Waals surface area contributed by atoms with Gasteiger partial charge in [0.1, 0.15) is 6.17 Å². The summed E-state index contributed by atoms with van der Waals surface area (Å²) >= 11 is 0. The maximum Gasteiger partial charge on any atom is 0.236 e. The first kappa shape index (κ1) is 13.8. The average molecular weight is 250 g/mol. The SMILES string of the molecule is CC1CCCC(C(N=C=O)NC2CCCCC2)C1. The summed E-state index contributed by atoms with van der Waals surface area (Å²) in [7, 11) is 0. The number of rotatable bonds is 4. The van der Waals surface area contributed by atoms with Crippen molar-refractivity contribution in [3.05, 3.63) is 0 Å². The molecule has 18 heavy (non-hydrogen) atoms. The van der Waals surface area contributed by atoms with Crippen molar-refractivity contribution in [2.75, 3.05) is 0 Å². The zero-order valence-electron chi connectivity index (χ0n) is 11.5. The molecule has 2 rings (SSSR count). The molecule has 0 bridgehead atoms. The van der Waals surface area contributed by atoms with Crippen molar-refractivity contribution >= 4 is 6.08 Å². The number of nitrogens with zero attached hydrogens (tertiary/aromatic N) is 1. The minimum atomic E-state index is 0.0216. The summed E-state index contributed by atoms with van der Waals surface area (Å²) in [6.07, 6.45) is 13.3. The Bertz CT molecular complexity index is 293. The third-order valence-electron chi connectivity index (χ3n) is 4.63. The highest BCUT2D eigenvalue weighted by Crippen LogP contribution is 2.32. The van der Waals surface area contributed by atoms with Gasteiger partial charge < -0.3 is 0 Å². The molecule has 0 heterocycles. The van der Waals surface area contributed by atoms with E-state index >= 15 is 0 Å². The van der Waals surface area contributed by atoms with Gasteiger partial charge in [0.15, 0.2) is 0 Å². The lowest BCUT2D eigenvalue weighted by Gasteiger charge is -2.34. The van der Waals surface area contributed by atoms with Crippen LogP contribution in [0.25, 0.3) is 0 Å². The molecule has 2 aliphatic rings. The molecular weight excluding hydrogens is 224 g/mol. The molecule has 2 aliphatic carbocycles.